The van der Waals surface area contributed by atoms with Crippen LogP contribution in [-0.2, 0) is 0 Å². The third kappa shape index (κ3) is 1.94. The first-order chi connectivity index (χ1) is 8.00. The highest BCUT2D eigenvalue weighted by molar-refractivity contribution is 6.34. The van der Waals surface area contributed by atoms with Crippen molar-refractivity contribution >= 4 is 23.2 Å². The van der Waals surface area contributed by atoms with Crippen LogP contribution in [-0.4, -0.2) is 23.4 Å². The molecule has 0 radical (unpaired) electrons. The number of nitriles is 1. The molecule has 1 fully saturated rings. The van der Waals surface area contributed by atoms with Crippen molar-refractivity contribution in [3.8, 4) is 6.07 Å². The van der Waals surface area contributed by atoms with E-state index in [1.54, 1.807) is 19.2 Å². The van der Waals surface area contributed by atoms with Crippen LogP contribution in [0.3, 0.4) is 0 Å². The van der Waals surface area contributed by atoms with E-state index in [2.05, 4.69) is 6.07 Å². The zero-order chi connectivity index (χ0) is 12.6. The fraction of sp³-hybridized carbons (Fsp3) is 0.333. The van der Waals surface area contributed by atoms with Crippen LogP contribution in [0.5, 0.6) is 0 Å². The Labute approximate surface area is 105 Å². The Morgan fingerprint density at radius 2 is 2.24 bits per heavy atom. The van der Waals surface area contributed by atoms with Crippen molar-refractivity contribution in [2.75, 3.05) is 12.8 Å². The highest BCUT2D eigenvalue weighted by Gasteiger charge is 2.49. The SMILES string of the molecule is CN(C(=O)c1cc(N)ccc1Cl)C1(C#N)CC1. The Kier molecular flexibility index (Phi) is 2.72. The zero-order valence-electron chi connectivity index (χ0n) is 9.40. The molecule has 0 bridgehead atoms. The van der Waals surface area contributed by atoms with E-state index in [9.17, 15) is 4.79 Å². The Balaban J connectivity index is 2.32. The molecule has 2 N–H and O–H groups in total. The lowest BCUT2D eigenvalue weighted by Crippen LogP contribution is -2.38. The molecule has 1 aromatic carbocycles. The number of anilines is 1. The molecule has 4 nitrogen and oxygen atoms in total. The van der Waals surface area contributed by atoms with Gasteiger partial charge in [-0.1, -0.05) is 11.6 Å². The van der Waals surface area contributed by atoms with Gasteiger partial charge in [0.2, 0.25) is 0 Å². The minimum atomic E-state index is -0.648. The molecule has 17 heavy (non-hydrogen) atoms. The standard InChI is InChI=1S/C12H12ClN3O/c1-16(12(7-14)4-5-12)11(17)9-6-8(15)2-3-10(9)13/h2-3,6H,4-5,15H2,1H3. The van der Waals surface area contributed by atoms with Crippen molar-refractivity contribution < 1.29 is 4.79 Å². The molecule has 1 aliphatic carbocycles. The van der Waals surface area contributed by atoms with Gasteiger partial charge in [-0.25, -0.2) is 0 Å². The van der Waals surface area contributed by atoms with Crippen LogP contribution >= 0.6 is 11.6 Å². The molecule has 1 aromatic rings. The summed E-state index contributed by atoms with van der Waals surface area (Å²) in [6.07, 6.45) is 1.43. The molecule has 5 heteroatoms. The largest absolute Gasteiger partial charge is 0.399 e. The predicted molar refractivity (Wildman–Crippen MR) is 65.5 cm³/mol. The van der Waals surface area contributed by atoms with E-state index in [1.807, 2.05) is 0 Å². The van der Waals surface area contributed by atoms with Crippen LogP contribution in [0.1, 0.15) is 23.2 Å². The van der Waals surface area contributed by atoms with Gasteiger partial charge >= 0.3 is 0 Å². The molecule has 2 rings (SSSR count). The van der Waals surface area contributed by atoms with E-state index in [1.165, 1.54) is 11.0 Å². The summed E-state index contributed by atoms with van der Waals surface area (Å²) < 4.78 is 0. The van der Waals surface area contributed by atoms with E-state index < -0.39 is 5.54 Å². The lowest BCUT2D eigenvalue weighted by molar-refractivity contribution is 0.0749. The van der Waals surface area contributed by atoms with Crippen molar-refractivity contribution in [3.05, 3.63) is 28.8 Å². The molecule has 0 spiro atoms. The topological polar surface area (TPSA) is 70.1 Å². The van der Waals surface area contributed by atoms with Crippen LogP contribution in [0.4, 0.5) is 5.69 Å². The van der Waals surface area contributed by atoms with Gasteiger partial charge in [-0.05, 0) is 31.0 Å². The lowest BCUT2D eigenvalue weighted by atomic mass is 10.1. The van der Waals surface area contributed by atoms with Gasteiger partial charge in [0.25, 0.3) is 5.91 Å². The predicted octanol–water partition coefficient (Wildman–Crippen LogP) is 2.05. The van der Waals surface area contributed by atoms with Crippen LogP contribution in [0.15, 0.2) is 18.2 Å². The number of carbonyl (C=O) groups is 1. The fourth-order valence-corrected chi connectivity index (χ4v) is 1.92. The minimum Gasteiger partial charge on any atom is -0.399 e. The number of nitrogen functional groups attached to an aromatic ring is 1. The van der Waals surface area contributed by atoms with Crippen molar-refractivity contribution in [2.45, 2.75) is 18.4 Å². The third-order valence-electron chi connectivity index (χ3n) is 3.10. The van der Waals surface area contributed by atoms with Gasteiger partial charge < -0.3 is 10.6 Å². The highest BCUT2D eigenvalue weighted by Crippen LogP contribution is 2.41. The molecule has 0 heterocycles. The number of hydrogen-bond acceptors (Lipinski definition) is 3. The summed E-state index contributed by atoms with van der Waals surface area (Å²) in [5, 5.41) is 9.40. The van der Waals surface area contributed by atoms with Gasteiger partial charge in [0.15, 0.2) is 0 Å². The van der Waals surface area contributed by atoms with Gasteiger partial charge in [0.1, 0.15) is 5.54 Å². The van der Waals surface area contributed by atoms with Gasteiger partial charge in [0, 0.05) is 12.7 Å². The monoisotopic (exact) mass is 249 g/mol. The normalized spacial score (nSPS) is 16.1. The van der Waals surface area contributed by atoms with Crippen molar-refractivity contribution in [2.24, 2.45) is 0 Å². The molecule has 0 unspecified atom stereocenters. The zero-order valence-corrected chi connectivity index (χ0v) is 10.2. The van der Waals surface area contributed by atoms with E-state index in [-0.39, 0.29) is 5.91 Å². The van der Waals surface area contributed by atoms with Gasteiger partial charge in [0.05, 0.1) is 16.7 Å². The number of rotatable bonds is 2. The first kappa shape index (κ1) is 11.7. The minimum absolute atomic E-state index is 0.263. The van der Waals surface area contributed by atoms with Gasteiger partial charge in [-0.2, -0.15) is 5.26 Å². The molecule has 88 valence electrons. The maximum atomic E-state index is 12.2. The summed E-state index contributed by atoms with van der Waals surface area (Å²) in [5.74, 6) is -0.263. The first-order valence-electron chi connectivity index (χ1n) is 5.24. The number of benzene rings is 1. The highest BCUT2D eigenvalue weighted by atomic mass is 35.5. The Morgan fingerprint density at radius 3 is 2.76 bits per heavy atom. The molecular formula is C12H12ClN3O. The summed E-state index contributed by atoms with van der Waals surface area (Å²) in [6.45, 7) is 0. The molecule has 0 atom stereocenters. The maximum absolute atomic E-state index is 12.2. The van der Waals surface area contributed by atoms with Crippen molar-refractivity contribution in [3.63, 3.8) is 0 Å². The third-order valence-corrected chi connectivity index (χ3v) is 3.43. The number of amides is 1. The second kappa shape index (κ2) is 3.94. The van der Waals surface area contributed by atoms with Gasteiger partial charge in [-0.15, -0.1) is 0 Å². The van der Waals surface area contributed by atoms with Crippen molar-refractivity contribution in [1.29, 1.82) is 5.26 Å². The average Bonchev–Trinajstić information content (AvgIpc) is 3.11. The van der Waals surface area contributed by atoms with E-state index in [0.717, 1.165) is 0 Å². The first-order valence-corrected chi connectivity index (χ1v) is 5.62. The smallest absolute Gasteiger partial charge is 0.256 e. The van der Waals surface area contributed by atoms with Crippen molar-refractivity contribution in [1.82, 2.24) is 4.90 Å². The second-order valence-corrected chi connectivity index (χ2v) is 4.65. The number of hydrogen-bond donors (Lipinski definition) is 1. The fourth-order valence-electron chi connectivity index (χ4n) is 1.72. The van der Waals surface area contributed by atoms with Gasteiger partial charge in [-0.3, -0.25) is 4.79 Å². The molecule has 0 aromatic heterocycles. The number of carbonyl (C=O) groups excluding carboxylic acids is 1. The molecule has 1 saturated carbocycles. The Hall–Kier alpha value is -1.73. The maximum Gasteiger partial charge on any atom is 0.256 e. The summed E-state index contributed by atoms with van der Waals surface area (Å²) in [6, 6.07) is 6.93. The second-order valence-electron chi connectivity index (χ2n) is 4.25. The van der Waals surface area contributed by atoms with Crippen LogP contribution in [0.25, 0.3) is 0 Å². The van der Waals surface area contributed by atoms with Crippen LogP contribution in [0.2, 0.25) is 5.02 Å². The molecular weight excluding hydrogens is 238 g/mol. The summed E-state index contributed by atoms with van der Waals surface area (Å²) in [4.78, 5) is 13.7. The summed E-state index contributed by atoms with van der Waals surface area (Å²) >= 11 is 5.96. The van der Waals surface area contributed by atoms with Crippen LogP contribution < -0.4 is 5.73 Å². The van der Waals surface area contributed by atoms with Crippen LogP contribution in [0, 0.1) is 11.3 Å². The molecule has 1 amide bonds. The quantitative estimate of drug-likeness (QED) is 0.816. The average molecular weight is 250 g/mol. The lowest BCUT2D eigenvalue weighted by Gasteiger charge is -2.22. The summed E-state index contributed by atoms with van der Waals surface area (Å²) in [7, 11) is 1.62. The molecule has 0 aliphatic heterocycles. The molecule has 0 saturated heterocycles. The summed E-state index contributed by atoms with van der Waals surface area (Å²) in [5.41, 5.74) is 5.80. The Morgan fingerprint density at radius 1 is 1.59 bits per heavy atom. The van der Waals surface area contributed by atoms with E-state index in [0.29, 0.717) is 29.1 Å². The Bertz CT molecular complexity index is 517. The van der Waals surface area contributed by atoms with E-state index in [4.69, 9.17) is 22.6 Å². The number of nitrogens with zero attached hydrogens (tertiary/aromatic N) is 2. The molecule has 1 aliphatic rings. The number of halogens is 1. The number of nitrogens with two attached hydrogens (primary N) is 1. The van der Waals surface area contributed by atoms with E-state index >= 15 is 0 Å².